The van der Waals surface area contributed by atoms with Crippen molar-refractivity contribution in [2.45, 2.75) is 13.8 Å². The first kappa shape index (κ1) is 14.8. The van der Waals surface area contributed by atoms with Gasteiger partial charge in [0.15, 0.2) is 0 Å². The number of phenolic OH excluding ortho intramolecular Hbond substituents is 1. The van der Waals surface area contributed by atoms with Crippen molar-refractivity contribution < 1.29 is 19.4 Å². The summed E-state index contributed by atoms with van der Waals surface area (Å²) in [6.07, 6.45) is 0. The number of benzene rings is 2. The molecule has 0 heterocycles. The van der Waals surface area contributed by atoms with E-state index >= 15 is 0 Å². The van der Waals surface area contributed by atoms with Crippen molar-refractivity contribution in [3.63, 3.8) is 0 Å². The summed E-state index contributed by atoms with van der Waals surface area (Å²) >= 11 is 0. The second-order valence-corrected chi connectivity index (χ2v) is 5.03. The lowest BCUT2D eigenvalue weighted by Crippen LogP contribution is -2.17. The van der Waals surface area contributed by atoms with Crippen LogP contribution in [0.4, 0.5) is 5.69 Å². The number of carbonyl (C=O) groups excluding carboxylic acids is 2. The maximum Gasteiger partial charge on any atom is 0.338 e. The Morgan fingerprint density at radius 1 is 1.19 bits per heavy atom. The SMILES string of the molecule is COC(=O)c1cc(O)c2cccc(NC(=O)C(C)C)c2c1. The molecule has 0 aromatic heterocycles. The fraction of sp³-hybridized carbons (Fsp3) is 0.250. The Morgan fingerprint density at radius 3 is 2.52 bits per heavy atom. The van der Waals surface area contributed by atoms with E-state index in [-0.39, 0.29) is 23.1 Å². The van der Waals surface area contributed by atoms with E-state index in [1.165, 1.54) is 13.2 Å². The Labute approximate surface area is 122 Å². The summed E-state index contributed by atoms with van der Waals surface area (Å²) in [7, 11) is 1.27. The average Bonchev–Trinajstić information content (AvgIpc) is 2.46. The van der Waals surface area contributed by atoms with E-state index in [1.807, 2.05) is 0 Å². The van der Waals surface area contributed by atoms with Gasteiger partial charge in [-0.3, -0.25) is 4.79 Å². The number of rotatable bonds is 3. The molecule has 0 aliphatic heterocycles. The van der Waals surface area contributed by atoms with Gasteiger partial charge in [-0.15, -0.1) is 0 Å². The molecule has 0 bridgehead atoms. The van der Waals surface area contributed by atoms with Crippen LogP contribution in [-0.4, -0.2) is 24.1 Å². The molecule has 2 N–H and O–H groups in total. The maximum absolute atomic E-state index is 11.9. The zero-order valence-electron chi connectivity index (χ0n) is 12.1. The zero-order chi connectivity index (χ0) is 15.6. The minimum Gasteiger partial charge on any atom is -0.507 e. The molecule has 0 fully saturated rings. The maximum atomic E-state index is 11.9. The Hall–Kier alpha value is -2.56. The highest BCUT2D eigenvalue weighted by Gasteiger charge is 2.14. The summed E-state index contributed by atoms with van der Waals surface area (Å²) in [6, 6.07) is 8.12. The molecule has 5 nitrogen and oxygen atoms in total. The fourth-order valence-corrected chi connectivity index (χ4v) is 1.99. The molecule has 1 amide bonds. The van der Waals surface area contributed by atoms with Crippen LogP contribution in [0.15, 0.2) is 30.3 Å². The molecule has 2 rings (SSSR count). The van der Waals surface area contributed by atoms with E-state index in [4.69, 9.17) is 0 Å². The Morgan fingerprint density at radius 2 is 1.90 bits per heavy atom. The van der Waals surface area contributed by atoms with Crippen LogP contribution in [0.3, 0.4) is 0 Å². The van der Waals surface area contributed by atoms with Crippen molar-refractivity contribution in [1.82, 2.24) is 0 Å². The summed E-state index contributed by atoms with van der Waals surface area (Å²) in [5.74, 6) is -0.881. The molecule has 2 aromatic carbocycles. The second kappa shape index (κ2) is 5.83. The topological polar surface area (TPSA) is 75.6 Å². The number of esters is 1. The van der Waals surface area contributed by atoms with Crippen molar-refractivity contribution in [3.05, 3.63) is 35.9 Å². The minimum atomic E-state index is -0.544. The molecular formula is C16H17NO4. The Kier molecular flexibility index (Phi) is 4.12. The third kappa shape index (κ3) is 2.97. The first-order valence-electron chi connectivity index (χ1n) is 6.59. The molecule has 110 valence electrons. The summed E-state index contributed by atoms with van der Waals surface area (Å²) in [5, 5.41) is 14.0. The summed E-state index contributed by atoms with van der Waals surface area (Å²) in [6.45, 7) is 3.58. The van der Waals surface area contributed by atoms with Crippen molar-refractivity contribution >= 4 is 28.3 Å². The van der Waals surface area contributed by atoms with Crippen LogP contribution >= 0.6 is 0 Å². The van der Waals surface area contributed by atoms with Gasteiger partial charge in [-0.2, -0.15) is 0 Å². The van der Waals surface area contributed by atoms with E-state index in [0.29, 0.717) is 16.5 Å². The molecule has 2 aromatic rings. The highest BCUT2D eigenvalue weighted by atomic mass is 16.5. The lowest BCUT2D eigenvalue weighted by Gasteiger charge is -2.12. The molecule has 21 heavy (non-hydrogen) atoms. The summed E-state index contributed by atoms with van der Waals surface area (Å²) in [5.41, 5.74) is 0.779. The lowest BCUT2D eigenvalue weighted by atomic mass is 10.0. The van der Waals surface area contributed by atoms with Gasteiger partial charge < -0.3 is 15.2 Å². The molecule has 0 atom stereocenters. The first-order valence-corrected chi connectivity index (χ1v) is 6.59. The predicted molar refractivity (Wildman–Crippen MR) is 80.4 cm³/mol. The molecule has 0 aliphatic carbocycles. The largest absolute Gasteiger partial charge is 0.507 e. The van der Waals surface area contributed by atoms with Crippen molar-refractivity contribution in [2.24, 2.45) is 5.92 Å². The van der Waals surface area contributed by atoms with Gasteiger partial charge in [0.05, 0.1) is 12.7 Å². The molecule has 0 spiro atoms. The number of hydrogen-bond acceptors (Lipinski definition) is 4. The van der Waals surface area contributed by atoms with Crippen molar-refractivity contribution in [2.75, 3.05) is 12.4 Å². The molecule has 0 saturated heterocycles. The number of ether oxygens (including phenoxy) is 1. The molecule has 0 unspecified atom stereocenters. The summed E-state index contributed by atoms with van der Waals surface area (Å²) < 4.78 is 4.66. The van der Waals surface area contributed by atoms with Crippen molar-refractivity contribution in [1.29, 1.82) is 0 Å². The average molecular weight is 287 g/mol. The number of amides is 1. The predicted octanol–water partition coefficient (Wildman–Crippen LogP) is 2.93. The van der Waals surface area contributed by atoms with E-state index in [1.54, 1.807) is 38.1 Å². The van der Waals surface area contributed by atoms with Crippen LogP contribution in [0, 0.1) is 5.92 Å². The quantitative estimate of drug-likeness (QED) is 0.851. The Balaban J connectivity index is 2.58. The standard InChI is InChI=1S/C16H17NO4/c1-9(2)15(19)17-13-6-4-5-11-12(13)7-10(8-14(11)18)16(20)21-3/h4-9,18H,1-3H3,(H,17,19). The van der Waals surface area contributed by atoms with E-state index in [2.05, 4.69) is 10.1 Å². The van der Waals surface area contributed by atoms with Gasteiger partial charge in [0.25, 0.3) is 0 Å². The Bertz CT molecular complexity index is 707. The van der Waals surface area contributed by atoms with Crippen LogP contribution in [0.25, 0.3) is 10.8 Å². The van der Waals surface area contributed by atoms with Crippen LogP contribution < -0.4 is 5.32 Å². The number of nitrogens with one attached hydrogen (secondary N) is 1. The molecule has 5 heteroatoms. The van der Waals surface area contributed by atoms with Gasteiger partial charge in [-0.05, 0) is 18.2 Å². The van der Waals surface area contributed by atoms with E-state index < -0.39 is 5.97 Å². The van der Waals surface area contributed by atoms with Gasteiger partial charge >= 0.3 is 5.97 Å². The van der Waals surface area contributed by atoms with Gasteiger partial charge in [0.2, 0.25) is 5.91 Å². The number of methoxy groups -OCH3 is 1. The van der Waals surface area contributed by atoms with Gasteiger partial charge in [-0.1, -0.05) is 26.0 Å². The van der Waals surface area contributed by atoms with Gasteiger partial charge in [-0.25, -0.2) is 4.79 Å². The fourth-order valence-electron chi connectivity index (χ4n) is 1.99. The van der Waals surface area contributed by atoms with Gasteiger partial charge in [0.1, 0.15) is 5.75 Å². The third-order valence-electron chi connectivity index (χ3n) is 3.18. The molecule has 0 aliphatic rings. The van der Waals surface area contributed by atoms with E-state index in [0.717, 1.165) is 0 Å². The number of anilines is 1. The van der Waals surface area contributed by atoms with Crippen molar-refractivity contribution in [3.8, 4) is 5.75 Å². The number of hydrogen-bond donors (Lipinski definition) is 2. The first-order chi connectivity index (χ1) is 9.93. The minimum absolute atomic E-state index is 0.0338. The van der Waals surface area contributed by atoms with Crippen LogP contribution in [-0.2, 0) is 9.53 Å². The smallest absolute Gasteiger partial charge is 0.338 e. The number of carbonyl (C=O) groups is 2. The monoisotopic (exact) mass is 287 g/mol. The third-order valence-corrected chi connectivity index (χ3v) is 3.18. The number of aromatic hydroxyl groups is 1. The van der Waals surface area contributed by atoms with Crippen LogP contribution in [0.2, 0.25) is 0 Å². The lowest BCUT2D eigenvalue weighted by molar-refractivity contribution is -0.118. The summed E-state index contributed by atoms with van der Waals surface area (Å²) in [4.78, 5) is 23.5. The highest BCUT2D eigenvalue weighted by Crippen LogP contribution is 2.32. The van der Waals surface area contributed by atoms with Crippen LogP contribution in [0.1, 0.15) is 24.2 Å². The van der Waals surface area contributed by atoms with Gasteiger partial charge in [0, 0.05) is 22.4 Å². The molecular weight excluding hydrogens is 270 g/mol. The second-order valence-electron chi connectivity index (χ2n) is 5.03. The highest BCUT2D eigenvalue weighted by molar-refractivity contribution is 6.07. The van der Waals surface area contributed by atoms with E-state index in [9.17, 15) is 14.7 Å². The normalized spacial score (nSPS) is 10.7. The number of fused-ring (bicyclic) bond motifs is 1. The van der Waals surface area contributed by atoms with Crippen LogP contribution in [0.5, 0.6) is 5.75 Å². The number of phenols is 1. The zero-order valence-corrected chi connectivity index (χ0v) is 12.1. The molecule has 0 radical (unpaired) electrons. The molecule has 0 saturated carbocycles.